The van der Waals surface area contributed by atoms with E-state index in [2.05, 4.69) is 31.2 Å². The molecule has 0 fully saturated rings. The summed E-state index contributed by atoms with van der Waals surface area (Å²) in [6.45, 7) is 0.412. The van der Waals surface area contributed by atoms with E-state index in [1.807, 2.05) is 0 Å². The number of carbonyl (C=O) groups is 1. The van der Waals surface area contributed by atoms with Crippen LogP contribution in [0.4, 0.5) is 0 Å². The molecule has 0 aliphatic carbocycles. The van der Waals surface area contributed by atoms with E-state index in [0.717, 1.165) is 9.48 Å². The van der Waals surface area contributed by atoms with Crippen LogP contribution in [0.25, 0.3) is 0 Å². The zero-order valence-corrected chi connectivity index (χ0v) is 10.6. The quantitative estimate of drug-likeness (QED) is 0.945. The van der Waals surface area contributed by atoms with E-state index < -0.39 is 0 Å². The van der Waals surface area contributed by atoms with E-state index in [9.17, 15) is 4.79 Å². The highest BCUT2D eigenvalue weighted by Crippen LogP contribution is 2.20. The molecule has 0 aliphatic heterocycles. The number of amides is 1. The fourth-order valence-electron chi connectivity index (χ4n) is 1.12. The Kier molecular flexibility index (Phi) is 3.63. The molecule has 0 spiro atoms. The lowest BCUT2D eigenvalue weighted by Crippen LogP contribution is -2.22. The number of hydrogen-bond acceptors (Lipinski definition) is 4. The molecule has 0 radical (unpaired) electrons. The number of carbonyl (C=O) groups excluding carboxylic acids is 1. The van der Waals surface area contributed by atoms with Crippen molar-refractivity contribution < 1.29 is 4.79 Å². The average Bonchev–Trinajstić information content (AvgIpc) is 2.74. The Morgan fingerprint density at radius 3 is 3.06 bits per heavy atom. The van der Waals surface area contributed by atoms with E-state index in [-0.39, 0.29) is 5.91 Å². The van der Waals surface area contributed by atoms with Gasteiger partial charge in [0.25, 0.3) is 5.91 Å². The molecule has 0 aromatic carbocycles. The van der Waals surface area contributed by atoms with Crippen molar-refractivity contribution in [3.8, 4) is 0 Å². The second kappa shape index (κ2) is 5.18. The molecule has 82 valence electrons. The van der Waals surface area contributed by atoms with E-state index in [0.29, 0.717) is 12.1 Å². The molecule has 1 N–H and O–H groups in total. The van der Waals surface area contributed by atoms with Gasteiger partial charge in [0.15, 0.2) is 0 Å². The molecule has 0 saturated heterocycles. The van der Waals surface area contributed by atoms with Gasteiger partial charge in [0.2, 0.25) is 0 Å². The molecule has 0 saturated carbocycles. The molecule has 6 heteroatoms. The van der Waals surface area contributed by atoms with Gasteiger partial charge in [-0.15, -0.1) is 11.3 Å². The minimum absolute atomic E-state index is 0.0967. The van der Waals surface area contributed by atoms with Gasteiger partial charge in [-0.05, 0) is 28.1 Å². The van der Waals surface area contributed by atoms with E-state index >= 15 is 0 Å². The molecule has 0 atom stereocenters. The minimum Gasteiger partial charge on any atom is -0.346 e. The van der Waals surface area contributed by atoms with Gasteiger partial charge in [0.1, 0.15) is 6.33 Å². The number of aromatic nitrogens is 2. The summed E-state index contributed by atoms with van der Waals surface area (Å²) in [6, 6.07) is 3.56. The summed E-state index contributed by atoms with van der Waals surface area (Å²) in [4.78, 5) is 19.5. The molecule has 0 aliphatic rings. The largest absolute Gasteiger partial charge is 0.346 e. The highest BCUT2D eigenvalue weighted by Gasteiger charge is 2.07. The van der Waals surface area contributed by atoms with Crippen molar-refractivity contribution in [3.63, 3.8) is 0 Å². The molecular weight excluding hydrogens is 290 g/mol. The second-order valence-corrected chi connectivity index (χ2v) is 5.31. The highest BCUT2D eigenvalue weighted by molar-refractivity contribution is 9.11. The second-order valence-electron chi connectivity index (χ2n) is 3.02. The molecule has 2 aromatic rings. The van der Waals surface area contributed by atoms with E-state index in [1.54, 1.807) is 23.7 Å². The molecular formula is C10H8BrN3OS. The zero-order valence-electron chi connectivity index (χ0n) is 8.18. The summed E-state index contributed by atoms with van der Waals surface area (Å²) in [5, 5.41) is 4.59. The smallest absolute Gasteiger partial charge is 0.252 e. The standard InChI is InChI=1S/C10H8BrN3OS/c11-9-3-7(5-16-9)10(15)13-4-8-1-2-12-6-14-8/h1-3,5-6H,4H2,(H,13,15). The lowest BCUT2D eigenvalue weighted by Gasteiger charge is -2.02. The third-order valence-electron chi connectivity index (χ3n) is 1.90. The molecule has 16 heavy (non-hydrogen) atoms. The molecule has 0 bridgehead atoms. The monoisotopic (exact) mass is 297 g/mol. The summed E-state index contributed by atoms with van der Waals surface area (Å²) in [6.07, 6.45) is 3.11. The summed E-state index contributed by atoms with van der Waals surface area (Å²) in [5.41, 5.74) is 1.45. The lowest BCUT2D eigenvalue weighted by atomic mass is 10.3. The maximum absolute atomic E-state index is 11.7. The van der Waals surface area contributed by atoms with Crippen molar-refractivity contribution in [3.05, 3.63) is 45.1 Å². The van der Waals surface area contributed by atoms with Crippen molar-refractivity contribution in [2.45, 2.75) is 6.54 Å². The molecule has 0 unspecified atom stereocenters. The van der Waals surface area contributed by atoms with Gasteiger partial charge < -0.3 is 5.32 Å². The molecule has 2 heterocycles. The van der Waals surface area contributed by atoms with Crippen LogP contribution in [-0.2, 0) is 6.54 Å². The van der Waals surface area contributed by atoms with Crippen LogP contribution < -0.4 is 5.32 Å². The SMILES string of the molecule is O=C(NCc1ccncn1)c1csc(Br)c1. The third-order valence-corrected chi connectivity index (χ3v) is 3.41. The van der Waals surface area contributed by atoms with Crippen molar-refractivity contribution >= 4 is 33.2 Å². The number of nitrogens with zero attached hydrogens (tertiary/aromatic N) is 2. The Bertz CT molecular complexity index is 486. The number of thiophene rings is 1. The maximum Gasteiger partial charge on any atom is 0.252 e. The predicted molar refractivity (Wildman–Crippen MR) is 65.2 cm³/mol. The number of halogens is 1. The van der Waals surface area contributed by atoms with E-state index in [1.165, 1.54) is 17.7 Å². The van der Waals surface area contributed by atoms with Crippen molar-refractivity contribution in [1.82, 2.24) is 15.3 Å². The van der Waals surface area contributed by atoms with Gasteiger partial charge in [0.05, 0.1) is 21.6 Å². The van der Waals surface area contributed by atoms with Crippen LogP contribution in [0.2, 0.25) is 0 Å². The van der Waals surface area contributed by atoms with Crippen LogP contribution in [0.5, 0.6) is 0 Å². The van der Waals surface area contributed by atoms with Crippen LogP contribution in [0.1, 0.15) is 16.1 Å². The highest BCUT2D eigenvalue weighted by atomic mass is 79.9. The number of hydrogen-bond donors (Lipinski definition) is 1. The fourth-order valence-corrected chi connectivity index (χ4v) is 2.26. The van der Waals surface area contributed by atoms with Crippen molar-refractivity contribution in [2.24, 2.45) is 0 Å². The van der Waals surface area contributed by atoms with Crippen LogP contribution in [0.3, 0.4) is 0 Å². The fraction of sp³-hybridized carbons (Fsp3) is 0.100. The zero-order chi connectivity index (χ0) is 11.4. The molecule has 1 amide bonds. The first-order chi connectivity index (χ1) is 7.75. The van der Waals surface area contributed by atoms with Gasteiger partial charge >= 0.3 is 0 Å². The summed E-state index contributed by atoms with van der Waals surface area (Å²) < 4.78 is 0.944. The first-order valence-corrected chi connectivity index (χ1v) is 6.20. The molecule has 4 nitrogen and oxygen atoms in total. The van der Waals surface area contributed by atoms with Crippen LogP contribution in [0.15, 0.2) is 33.8 Å². The number of rotatable bonds is 3. The Morgan fingerprint density at radius 1 is 1.56 bits per heavy atom. The Morgan fingerprint density at radius 2 is 2.44 bits per heavy atom. The Labute approximate surface area is 105 Å². The van der Waals surface area contributed by atoms with Gasteiger partial charge in [-0.2, -0.15) is 0 Å². The first-order valence-electron chi connectivity index (χ1n) is 4.53. The first kappa shape index (κ1) is 11.2. The molecule has 2 rings (SSSR count). The van der Waals surface area contributed by atoms with Gasteiger partial charge in [-0.3, -0.25) is 4.79 Å². The molecule has 2 aromatic heterocycles. The Balaban J connectivity index is 1.94. The summed E-state index contributed by atoms with van der Waals surface area (Å²) in [7, 11) is 0. The average molecular weight is 298 g/mol. The summed E-state index contributed by atoms with van der Waals surface area (Å²) in [5.74, 6) is -0.0967. The lowest BCUT2D eigenvalue weighted by molar-refractivity contribution is 0.0951. The number of nitrogens with one attached hydrogen (secondary N) is 1. The minimum atomic E-state index is -0.0967. The normalized spacial score (nSPS) is 10.1. The van der Waals surface area contributed by atoms with Gasteiger partial charge in [-0.1, -0.05) is 0 Å². The van der Waals surface area contributed by atoms with Crippen molar-refractivity contribution in [2.75, 3.05) is 0 Å². The predicted octanol–water partition coefficient (Wildman–Crippen LogP) is 2.23. The maximum atomic E-state index is 11.7. The summed E-state index contributed by atoms with van der Waals surface area (Å²) >= 11 is 4.80. The van der Waals surface area contributed by atoms with Crippen LogP contribution in [0, 0.1) is 0 Å². The van der Waals surface area contributed by atoms with Crippen molar-refractivity contribution in [1.29, 1.82) is 0 Å². The van der Waals surface area contributed by atoms with E-state index in [4.69, 9.17) is 0 Å². The topological polar surface area (TPSA) is 54.9 Å². The van der Waals surface area contributed by atoms with Gasteiger partial charge in [0, 0.05) is 11.6 Å². The van der Waals surface area contributed by atoms with Crippen LogP contribution in [-0.4, -0.2) is 15.9 Å². The Hall–Kier alpha value is -1.27. The third kappa shape index (κ3) is 2.86. The van der Waals surface area contributed by atoms with Gasteiger partial charge in [-0.25, -0.2) is 9.97 Å². The van der Waals surface area contributed by atoms with Crippen LogP contribution >= 0.6 is 27.3 Å².